The van der Waals surface area contributed by atoms with Crippen molar-refractivity contribution in [1.29, 1.82) is 0 Å². The summed E-state index contributed by atoms with van der Waals surface area (Å²) in [7, 11) is 0. The predicted molar refractivity (Wildman–Crippen MR) is 179 cm³/mol. The Morgan fingerprint density at radius 3 is 1.58 bits per heavy atom. The molecule has 2 heterocycles. The molecule has 1 aromatic heterocycles. The zero-order valence-electron chi connectivity index (χ0n) is 25.8. The molecule has 5 nitrogen and oxygen atoms in total. The molecule has 0 saturated carbocycles. The van der Waals surface area contributed by atoms with Gasteiger partial charge < -0.3 is 9.47 Å². The van der Waals surface area contributed by atoms with E-state index < -0.39 is 0 Å². The summed E-state index contributed by atoms with van der Waals surface area (Å²) in [6.07, 6.45) is 1.10. The fourth-order valence-electron chi connectivity index (χ4n) is 7.00. The fourth-order valence-corrected chi connectivity index (χ4v) is 7.00. The monoisotopic (exact) mass is 587 g/mol. The molecule has 5 aromatic carbocycles. The van der Waals surface area contributed by atoms with Gasteiger partial charge in [0.15, 0.2) is 40.5 Å². The van der Waals surface area contributed by atoms with E-state index in [9.17, 15) is 0 Å². The second-order valence-corrected chi connectivity index (χ2v) is 13.3. The largest absolute Gasteiger partial charge is 0.450 e. The number of aromatic nitrogens is 3. The van der Waals surface area contributed by atoms with Crippen molar-refractivity contribution in [2.45, 2.75) is 44.9 Å². The topological polar surface area (TPSA) is 57.1 Å². The highest BCUT2D eigenvalue weighted by molar-refractivity contribution is 5.72. The van der Waals surface area contributed by atoms with Crippen LogP contribution in [0.2, 0.25) is 0 Å². The SMILES string of the molecule is CC1(C)CC(C)(C)c2cc(-c3nc(-c4ccc(-c5ccccc5)cc4)nc(-c4ccc5c(c4)Oc4ccccc4O5)n3)ccc21. The minimum atomic E-state index is 0.0624. The molecule has 220 valence electrons. The quantitative estimate of drug-likeness (QED) is 0.205. The van der Waals surface area contributed by atoms with Crippen molar-refractivity contribution >= 4 is 0 Å². The highest BCUT2D eigenvalue weighted by Crippen LogP contribution is 2.50. The number of benzene rings is 5. The second-order valence-electron chi connectivity index (χ2n) is 13.3. The third-order valence-electron chi connectivity index (χ3n) is 9.00. The molecule has 0 unspecified atom stereocenters. The number of hydrogen-bond donors (Lipinski definition) is 0. The summed E-state index contributed by atoms with van der Waals surface area (Å²) < 4.78 is 12.3. The van der Waals surface area contributed by atoms with Crippen LogP contribution >= 0.6 is 0 Å². The predicted octanol–water partition coefficient (Wildman–Crippen LogP) is 10.4. The number of hydrogen-bond acceptors (Lipinski definition) is 5. The van der Waals surface area contributed by atoms with Crippen LogP contribution in [0.3, 0.4) is 0 Å². The van der Waals surface area contributed by atoms with E-state index in [-0.39, 0.29) is 10.8 Å². The van der Waals surface area contributed by atoms with Crippen LogP contribution in [0.15, 0.2) is 115 Å². The van der Waals surface area contributed by atoms with E-state index >= 15 is 0 Å². The maximum atomic E-state index is 6.22. The minimum absolute atomic E-state index is 0.0624. The first-order valence-electron chi connectivity index (χ1n) is 15.4. The van der Waals surface area contributed by atoms with Crippen molar-refractivity contribution in [3.05, 3.63) is 126 Å². The van der Waals surface area contributed by atoms with E-state index in [0.29, 0.717) is 40.5 Å². The molecule has 0 N–H and O–H groups in total. The Kier molecular flexibility index (Phi) is 6.14. The van der Waals surface area contributed by atoms with Gasteiger partial charge >= 0.3 is 0 Å². The van der Waals surface area contributed by atoms with Crippen LogP contribution in [0.1, 0.15) is 45.2 Å². The number of nitrogens with zero attached hydrogens (tertiary/aromatic N) is 3. The molecule has 0 spiro atoms. The molecule has 2 aliphatic rings. The minimum Gasteiger partial charge on any atom is -0.450 e. The average molecular weight is 588 g/mol. The van der Waals surface area contributed by atoms with Gasteiger partial charge in [-0.25, -0.2) is 15.0 Å². The maximum Gasteiger partial charge on any atom is 0.170 e. The first-order valence-corrected chi connectivity index (χ1v) is 15.4. The van der Waals surface area contributed by atoms with E-state index in [1.54, 1.807) is 0 Å². The van der Waals surface area contributed by atoms with Gasteiger partial charge in [-0.3, -0.25) is 0 Å². The van der Waals surface area contributed by atoms with Crippen LogP contribution in [-0.2, 0) is 10.8 Å². The van der Waals surface area contributed by atoms with Gasteiger partial charge in [0.05, 0.1) is 0 Å². The summed E-state index contributed by atoms with van der Waals surface area (Å²) in [6.45, 7) is 9.32. The van der Waals surface area contributed by atoms with Crippen molar-refractivity contribution in [2.24, 2.45) is 0 Å². The molecule has 0 saturated heterocycles. The Hall–Kier alpha value is -5.29. The van der Waals surface area contributed by atoms with Crippen LogP contribution < -0.4 is 9.47 Å². The molecular formula is C40H33N3O2. The van der Waals surface area contributed by atoms with Crippen LogP contribution in [0.4, 0.5) is 0 Å². The lowest BCUT2D eigenvalue weighted by Gasteiger charge is -2.22. The summed E-state index contributed by atoms with van der Waals surface area (Å²) in [5.74, 6) is 4.51. The molecule has 0 atom stereocenters. The second kappa shape index (κ2) is 10.1. The third-order valence-corrected chi connectivity index (χ3v) is 9.00. The molecular weight excluding hydrogens is 554 g/mol. The first kappa shape index (κ1) is 27.3. The van der Waals surface area contributed by atoms with Gasteiger partial charge in [-0.2, -0.15) is 0 Å². The van der Waals surface area contributed by atoms with Crippen LogP contribution in [0.25, 0.3) is 45.3 Å². The molecule has 45 heavy (non-hydrogen) atoms. The van der Waals surface area contributed by atoms with Crippen molar-refractivity contribution in [3.63, 3.8) is 0 Å². The highest BCUT2D eigenvalue weighted by Gasteiger charge is 2.41. The van der Waals surface area contributed by atoms with Crippen molar-refractivity contribution in [3.8, 4) is 68.3 Å². The van der Waals surface area contributed by atoms with Crippen LogP contribution in [-0.4, -0.2) is 15.0 Å². The lowest BCUT2D eigenvalue weighted by atomic mass is 9.82. The lowest BCUT2D eigenvalue weighted by molar-refractivity contribution is 0.360. The zero-order chi connectivity index (χ0) is 30.8. The van der Waals surface area contributed by atoms with Crippen molar-refractivity contribution < 1.29 is 9.47 Å². The smallest absolute Gasteiger partial charge is 0.170 e. The molecule has 0 fully saturated rings. The van der Waals surface area contributed by atoms with Gasteiger partial charge in [-0.1, -0.05) is 107 Å². The van der Waals surface area contributed by atoms with E-state index in [4.69, 9.17) is 24.4 Å². The normalized spacial score (nSPS) is 15.3. The van der Waals surface area contributed by atoms with E-state index in [0.717, 1.165) is 28.7 Å². The average Bonchev–Trinajstić information content (AvgIpc) is 3.26. The third kappa shape index (κ3) is 4.85. The Morgan fingerprint density at radius 1 is 0.422 bits per heavy atom. The number of fused-ring (bicyclic) bond motifs is 3. The Labute approximate surface area is 263 Å². The summed E-state index contributed by atoms with van der Waals surface area (Å²) in [6, 6.07) is 39.0. The standard InChI is InChI=1S/C40H33N3O2/c1-39(2)24-40(3,4)31-22-28(18-20-30(31)39)37-41-36(27-16-14-26(15-17-27)25-10-6-5-7-11-25)42-38(43-37)29-19-21-34-35(23-29)45-33-13-9-8-12-32(33)44-34/h5-23H,24H2,1-4H3. The van der Waals surface area contributed by atoms with Gasteiger partial charge in [-0.15, -0.1) is 0 Å². The number of para-hydroxylation sites is 2. The Balaban J connectivity index is 1.25. The zero-order valence-corrected chi connectivity index (χ0v) is 25.8. The van der Waals surface area contributed by atoms with Gasteiger partial charge in [0.2, 0.25) is 0 Å². The summed E-state index contributed by atoms with van der Waals surface area (Å²) in [5.41, 5.74) is 7.99. The van der Waals surface area contributed by atoms with Gasteiger partial charge in [0.25, 0.3) is 0 Å². The van der Waals surface area contributed by atoms with E-state index in [1.165, 1.54) is 16.7 Å². The van der Waals surface area contributed by atoms with E-state index in [2.05, 4.69) is 94.4 Å². The summed E-state index contributed by atoms with van der Waals surface area (Å²) in [4.78, 5) is 15.1. The first-order chi connectivity index (χ1) is 21.7. The van der Waals surface area contributed by atoms with E-state index in [1.807, 2.05) is 48.5 Å². The van der Waals surface area contributed by atoms with Crippen LogP contribution in [0, 0.1) is 0 Å². The Morgan fingerprint density at radius 2 is 0.889 bits per heavy atom. The van der Waals surface area contributed by atoms with Gasteiger partial charge in [0.1, 0.15) is 0 Å². The van der Waals surface area contributed by atoms with Gasteiger partial charge in [0, 0.05) is 16.7 Å². The maximum absolute atomic E-state index is 6.22. The molecule has 1 aliphatic heterocycles. The summed E-state index contributed by atoms with van der Waals surface area (Å²) in [5, 5.41) is 0. The van der Waals surface area contributed by atoms with Crippen molar-refractivity contribution in [1.82, 2.24) is 15.0 Å². The molecule has 5 heteroatoms. The number of ether oxygens (including phenoxy) is 2. The van der Waals surface area contributed by atoms with Gasteiger partial charge in [-0.05, 0) is 75.9 Å². The number of rotatable bonds is 4. The van der Waals surface area contributed by atoms with Crippen LogP contribution in [0.5, 0.6) is 23.0 Å². The lowest BCUT2D eigenvalue weighted by Crippen LogP contribution is -2.17. The molecule has 8 rings (SSSR count). The molecule has 0 amide bonds. The Bertz CT molecular complexity index is 2080. The highest BCUT2D eigenvalue weighted by atomic mass is 16.6. The molecule has 0 bridgehead atoms. The molecule has 1 aliphatic carbocycles. The molecule has 6 aromatic rings. The molecule has 0 radical (unpaired) electrons. The summed E-state index contributed by atoms with van der Waals surface area (Å²) >= 11 is 0. The fraction of sp³-hybridized carbons (Fsp3) is 0.175. The van der Waals surface area contributed by atoms with Crippen molar-refractivity contribution in [2.75, 3.05) is 0 Å².